The standard InChI is InChI=1S/C16H22N2O4S/c1-10-4-11(2)8-18(7-10)23(20,21)15-6-14-13(5-12(15)3)17-16(19)9-22-14/h5-6,10-11H,4,7-9H2,1-3H3,(H,17,19)/t10-,11+. The zero-order valence-corrected chi connectivity index (χ0v) is 14.4. The van der Waals surface area contributed by atoms with Crippen molar-refractivity contribution in [3.05, 3.63) is 17.7 Å². The average molecular weight is 338 g/mol. The number of rotatable bonds is 2. The van der Waals surface area contributed by atoms with Gasteiger partial charge in [0, 0.05) is 19.2 Å². The predicted octanol–water partition coefficient (Wildman–Crippen LogP) is 1.99. The molecule has 1 amide bonds. The third-order valence-corrected chi connectivity index (χ3v) is 6.34. The molecule has 2 aliphatic heterocycles. The van der Waals surface area contributed by atoms with E-state index in [0.29, 0.717) is 41.9 Å². The monoisotopic (exact) mass is 338 g/mol. The van der Waals surface area contributed by atoms with Crippen LogP contribution in [0.25, 0.3) is 0 Å². The zero-order valence-electron chi connectivity index (χ0n) is 13.6. The van der Waals surface area contributed by atoms with E-state index in [4.69, 9.17) is 4.74 Å². The molecule has 2 aliphatic rings. The van der Waals surface area contributed by atoms with Crippen LogP contribution in [0.15, 0.2) is 17.0 Å². The largest absolute Gasteiger partial charge is 0.482 e. The van der Waals surface area contributed by atoms with E-state index in [2.05, 4.69) is 19.2 Å². The molecule has 1 saturated heterocycles. The van der Waals surface area contributed by atoms with E-state index in [0.717, 1.165) is 6.42 Å². The highest BCUT2D eigenvalue weighted by atomic mass is 32.2. The lowest BCUT2D eigenvalue weighted by Gasteiger charge is -2.34. The van der Waals surface area contributed by atoms with E-state index >= 15 is 0 Å². The molecule has 2 heterocycles. The Morgan fingerprint density at radius 1 is 1.22 bits per heavy atom. The summed E-state index contributed by atoms with van der Waals surface area (Å²) in [5.41, 5.74) is 1.14. The van der Waals surface area contributed by atoms with Gasteiger partial charge in [-0.1, -0.05) is 13.8 Å². The predicted molar refractivity (Wildman–Crippen MR) is 87.0 cm³/mol. The van der Waals surface area contributed by atoms with Crippen LogP contribution in [0.1, 0.15) is 25.8 Å². The molecule has 126 valence electrons. The summed E-state index contributed by atoms with van der Waals surface area (Å²) in [7, 11) is -3.56. The van der Waals surface area contributed by atoms with Crippen molar-refractivity contribution < 1.29 is 17.9 Å². The molecule has 0 spiro atoms. The average Bonchev–Trinajstić information content (AvgIpc) is 2.45. The molecule has 0 saturated carbocycles. The maximum atomic E-state index is 13.0. The summed E-state index contributed by atoms with van der Waals surface area (Å²) in [6.45, 7) is 6.90. The number of amides is 1. The number of nitrogens with one attached hydrogen (secondary N) is 1. The van der Waals surface area contributed by atoms with E-state index in [9.17, 15) is 13.2 Å². The third kappa shape index (κ3) is 3.07. The van der Waals surface area contributed by atoms with Crippen molar-refractivity contribution in [3.8, 4) is 5.75 Å². The SMILES string of the molecule is Cc1cc2c(cc1S(=O)(=O)N1C[C@H](C)C[C@H](C)C1)OCC(=O)N2. The number of hydrogen-bond donors (Lipinski definition) is 1. The van der Waals surface area contributed by atoms with E-state index < -0.39 is 10.0 Å². The van der Waals surface area contributed by atoms with Crippen molar-refractivity contribution in [1.29, 1.82) is 0 Å². The smallest absolute Gasteiger partial charge is 0.262 e. The normalized spacial score (nSPS) is 25.4. The van der Waals surface area contributed by atoms with E-state index in [1.807, 2.05) is 0 Å². The van der Waals surface area contributed by atoms with Crippen LogP contribution in [0.5, 0.6) is 5.75 Å². The number of fused-ring (bicyclic) bond motifs is 1. The maximum Gasteiger partial charge on any atom is 0.262 e. The number of benzene rings is 1. The minimum absolute atomic E-state index is 0.0899. The van der Waals surface area contributed by atoms with Crippen molar-refractivity contribution in [2.24, 2.45) is 11.8 Å². The number of piperidine rings is 1. The maximum absolute atomic E-state index is 13.0. The van der Waals surface area contributed by atoms with Crippen molar-refractivity contribution in [3.63, 3.8) is 0 Å². The zero-order chi connectivity index (χ0) is 16.8. The van der Waals surface area contributed by atoms with E-state index in [1.165, 1.54) is 6.07 Å². The number of aryl methyl sites for hydroxylation is 1. The second-order valence-corrected chi connectivity index (χ2v) is 8.63. The van der Waals surface area contributed by atoms with Gasteiger partial charge in [0.25, 0.3) is 5.91 Å². The van der Waals surface area contributed by atoms with Gasteiger partial charge < -0.3 is 10.1 Å². The van der Waals surface area contributed by atoms with Crippen molar-refractivity contribution >= 4 is 21.6 Å². The van der Waals surface area contributed by atoms with Crippen LogP contribution < -0.4 is 10.1 Å². The highest BCUT2D eigenvalue weighted by molar-refractivity contribution is 7.89. The van der Waals surface area contributed by atoms with Gasteiger partial charge in [-0.05, 0) is 36.8 Å². The Bertz CT molecular complexity index is 735. The molecule has 0 radical (unpaired) electrons. The highest BCUT2D eigenvalue weighted by Crippen LogP contribution is 2.35. The Hall–Kier alpha value is -1.60. The Kier molecular flexibility index (Phi) is 4.10. The molecule has 1 fully saturated rings. The molecule has 0 bridgehead atoms. The minimum Gasteiger partial charge on any atom is -0.482 e. The van der Waals surface area contributed by atoms with Gasteiger partial charge in [-0.15, -0.1) is 0 Å². The van der Waals surface area contributed by atoms with Crippen molar-refractivity contribution in [1.82, 2.24) is 4.31 Å². The molecule has 23 heavy (non-hydrogen) atoms. The molecule has 3 rings (SSSR count). The fourth-order valence-corrected chi connectivity index (χ4v) is 5.34. The van der Waals surface area contributed by atoms with Gasteiger partial charge in [0.2, 0.25) is 10.0 Å². The highest BCUT2D eigenvalue weighted by Gasteiger charge is 2.33. The summed E-state index contributed by atoms with van der Waals surface area (Å²) < 4.78 is 33.0. The fraction of sp³-hybridized carbons (Fsp3) is 0.562. The molecular weight excluding hydrogens is 316 g/mol. The lowest BCUT2D eigenvalue weighted by molar-refractivity contribution is -0.118. The number of nitrogens with zero attached hydrogens (tertiary/aromatic N) is 1. The van der Waals surface area contributed by atoms with Gasteiger partial charge in [-0.25, -0.2) is 8.42 Å². The van der Waals surface area contributed by atoms with Crippen LogP contribution in [-0.2, 0) is 14.8 Å². The van der Waals surface area contributed by atoms with Gasteiger partial charge in [0.05, 0.1) is 10.6 Å². The lowest BCUT2D eigenvalue weighted by Crippen LogP contribution is -2.42. The van der Waals surface area contributed by atoms with E-state index in [-0.39, 0.29) is 17.4 Å². The van der Waals surface area contributed by atoms with Crippen molar-refractivity contribution in [2.45, 2.75) is 32.1 Å². The van der Waals surface area contributed by atoms with Crippen LogP contribution in [0, 0.1) is 18.8 Å². The second kappa shape index (κ2) is 5.79. The van der Waals surface area contributed by atoms with Gasteiger partial charge in [-0.2, -0.15) is 4.31 Å². The number of ether oxygens (including phenoxy) is 1. The Balaban J connectivity index is 1.98. The molecule has 6 nitrogen and oxygen atoms in total. The molecule has 2 atom stereocenters. The van der Waals surface area contributed by atoms with E-state index in [1.54, 1.807) is 17.3 Å². The number of hydrogen-bond acceptors (Lipinski definition) is 4. The quantitative estimate of drug-likeness (QED) is 0.895. The van der Waals surface area contributed by atoms with Crippen LogP contribution in [0.4, 0.5) is 5.69 Å². The topological polar surface area (TPSA) is 75.7 Å². The molecule has 1 aromatic rings. The number of carbonyl (C=O) groups excluding carboxylic acids is 1. The number of sulfonamides is 1. The summed E-state index contributed by atoms with van der Waals surface area (Å²) in [5.74, 6) is 0.877. The molecule has 0 aliphatic carbocycles. The third-order valence-electron chi connectivity index (χ3n) is 4.36. The molecule has 1 aromatic carbocycles. The first-order valence-corrected chi connectivity index (χ1v) is 9.29. The van der Waals surface area contributed by atoms with Gasteiger partial charge in [-0.3, -0.25) is 4.79 Å². The minimum atomic E-state index is -3.56. The van der Waals surface area contributed by atoms with Crippen LogP contribution in [0.2, 0.25) is 0 Å². The lowest BCUT2D eigenvalue weighted by atomic mass is 9.94. The number of anilines is 1. The summed E-state index contributed by atoms with van der Waals surface area (Å²) >= 11 is 0. The fourth-order valence-electron chi connectivity index (χ4n) is 3.44. The van der Waals surface area contributed by atoms with Gasteiger partial charge >= 0.3 is 0 Å². The molecule has 0 aromatic heterocycles. The van der Waals surface area contributed by atoms with Crippen LogP contribution in [-0.4, -0.2) is 38.3 Å². The van der Waals surface area contributed by atoms with Gasteiger partial charge in [0.15, 0.2) is 6.61 Å². The molecule has 1 N–H and O–H groups in total. The first kappa shape index (κ1) is 16.3. The Morgan fingerprint density at radius 2 is 1.87 bits per heavy atom. The van der Waals surface area contributed by atoms with Crippen LogP contribution in [0.3, 0.4) is 0 Å². The Morgan fingerprint density at radius 3 is 2.52 bits per heavy atom. The summed E-state index contributed by atoms with van der Waals surface area (Å²) in [6.07, 6.45) is 1.05. The summed E-state index contributed by atoms with van der Waals surface area (Å²) in [6, 6.07) is 3.19. The van der Waals surface area contributed by atoms with Crippen LogP contribution >= 0.6 is 0 Å². The number of carbonyl (C=O) groups is 1. The second-order valence-electron chi connectivity index (χ2n) is 6.72. The molecule has 0 unspecified atom stereocenters. The van der Waals surface area contributed by atoms with Crippen molar-refractivity contribution in [2.75, 3.05) is 25.0 Å². The van der Waals surface area contributed by atoms with Gasteiger partial charge in [0.1, 0.15) is 5.75 Å². The molecular formula is C16H22N2O4S. The summed E-state index contributed by atoms with van der Waals surface area (Å²) in [5, 5.41) is 2.70. The first-order chi connectivity index (χ1) is 10.8. The molecule has 7 heteroatoms. The first-order valence-electron chi connectivity index (χ1n) is 7.85. The Labute approximate surface area is 136 Å². The summed E-state index contributed by atoms with van der Waals surface area (Å²) in [4.78, 5) is 11.6.